The van der Waals surface area contributed by atoms with Gasteiger partial charge in [0.05, 0.1) is 0 Å². The first-order valence-corrected chi connectivity index (χ1v) is 7.82. The van der Waals surface area contributed by atoms with Gasteiger partial charge in [0.25, 0.3) is 0 Å². The Bertz CT molecular complexity index is 593. The van der Waals surface area contributed by atoms with Crippen molar-refractivity contribution >= 4 is 17.2 Å². The Morgan fingerprint density at radius 3 is 2.62 bits per heavy atom. The number of amidine groups is 1. The summed E-state index contributed by atoms with van der Waals surface area (Å²) in [6, 6.07) is 12.4. The van der Waals surface area contributed by atoms with Gasteiger partial charge in [0.1, 0.15) is 0 Å². The summed E-state index contributed by atoms with van der Waals surface area (Å²) in [7, 11) is 0. The van der Waals surface area contributed by atoms with Gasteiger partial charge in [-0.1, -0.05) is 35.5 Å². The van der Waals surface area contributed by atoms with Gasteiger partial charge in [-0.15, -0.1) is 11.3 Å². The third-order valence-corrected chi connectivity index (χ3v) is 4.30. The number of hydrogen-bond acceptors (Lipinski definition) is 4. The number of rotatable bonds is 6. The maximum Gasteiger partial charge on any atom is 0.170 e. The normalized spacial score (nSPS) is 12.3. The number of hydrogen-bond donors (Lipinski definition) is 2. The SMILES string of the molecule is CC(C)N(Cc1cccs1)Cc1ccccc1C(N)=NO. The average molecular weight is 303 g/mol. The first-order valence-electron chi connectivity index (χ1n) is 6.94. The van der Waals surface area contributed by atoms with Gasteiger partial charge in [0.2, 0.25) is 0 Å². The van der Waals surface area contributed by atoms with Crippen LogP contribution in [0.3, 0.4) is 0 Å². The molecule has 0 unspecified atom stereocenters. The van der Waals surface area contributed by atoms with Crippen LogP contribution in [0.2, 0.25) is 0 Å². The summed E-state index contributed by atoms with van der Waals surface area (Å²) in [6.45, 7) is 6.03. The molecule has 4 nitrogen and oxygen atoms in total. The molecule has 0 saturated carbocycles. The molecule has 0 saturated heterocycles. The monoisotopic (exact) mass is 303 g/mol. The molecule has 3 N–H and O–H groups in total. The molecule has 0 atom stereocenters. The molecule has 0 fully saturated rings. The molecule has 0 amide bonds. The fourth-order valence-electron chi connectivity index (χ4n) is 2.20. The minimum absolute atomic E-state index is 0.158. The molecule has 1 aromatic heterocycles. The molecular formula is C16H21N3OS. The summed E-state index contributed by atoms with van der Waals surface area (Å²) in [4.78, 5) is 3.71. The van der Waals surface area contributed by atoms with Crippen molar-refractivity contribution in [1.82, 2.24) is 4.90 Å². The third-order valence-electron chi connectivity index (χ3n) is 3.44. The van der Waals surface area contributed by atoms with Gasteiger partial charge in [-0.3, -0.25) is 4.90 Å². The molecule has 112 valence electrons. The molecular weight excluding hydrogens is 282 g/mol. The molecule has 0 radical (unpaired) electrons. The van der Waals surface area contributed by atoms with E-state index in [1.165, 1.54) is 4.88 Å². The highest BCUT2D eigenvalue weighted by molar-refractivity contribution is 7.09. The number of thiophene rings is 1. The van der Waals surface area contributed by atoms with Crippen LogP contribution in [0.1, 0.15) is 29.9 Å². The molecule has 0 aliphatic heterocycles. The van der Waals surface area contributed by atoms with E-state index in [0.717, 1.165) is 24.2 Å². The molecule has 0 spiro atoms. The smallest absolute Gasteiger partial charge is 0.170 e. The number of oxime groups is 1. The number of benzene rings is 1. The molecule has 21 heavy (non-hydrogen) atoms. The van der Waals surface area contributed by atoms with E-state index in [4.69, 9.17) is 10.9 Å². The van der Waals surface area contributed by atoms with E-state index >= 15 is 0 Å². The second kappa shape index (κ2) is 7.24. The predicted octanol–water partition coefficient (Wildman–Crippen LogP) is 3.25. The Hall–Kier alpha value is -1.85. The van der Waals surface area contributed by atoms with Crippen LogP contribution in [-0.4, -0.2) is 22.0 Å². The Balaban J connectivity index is 2.21. The van der Waals surface area contributed by atoms with Crippen LogP contribution in [0.25, 0.3) is 0 Å². The van der Waals surface area contributed by atoms with Gasteiger partial charge in [0.15, 0.2) is 5.84 Å². The predicted molar refractivity (Wildman–Crippen MR) is 87.7 cm³/mol. The van der Waals surface area contributed by atoms with Crippen LogP contribution < -0.4 is 5.73 Å². The highest BCUT2D eigenvalue weighted by atomic mass is 32.1. The van der Waals surface area contributed by atoms with Crippen LogP contribution in [0, 0.1) is 0 Å². The van der Waals surface area contributed by atoms with Crippen molar-refractivity contribution in [3.05, 3.63) is 57.8 Å². The number of nitrogens with zero attached hydrogens (tertiary/aromatic N) is 2. The lowest BCUT2D eigenvalue weighted by Crippen LogP contribution is -2.30. The summed E-state index contributed by atoms with van der Waals surface area (Å²) in [5.74, 6) is 0.158. The van der Waals surface area contributed by atoms with E-state index in [1.807, 2.05) is 24.3 Å². The summed E-state index contributed by atoms with van der Waals surface area (Å²) >= 11 is 1.76. The third kappa shape index (κ3) is 4.06. The average Bonchev–Trinajstić information content (AvgIpc) is 2.99. The Morgan fingerprint density at radius 1 is 1.24 bits per heavy atom. The van der Waals surface area contributed by atoms with Gasteiger partial charge < -0.3 is 10.9 Å². The Labute approximate surface area is 129 Å². The lowest BCUT2D eigenvalue weighted by molar-refractivity contribution is 0.205. The Kier molecular flexibility index (Phi) is 5.36. The molecule has 2 aromatic rings. The summed E-state index contributed by atoms with van der Waals surface area (Å²) in [5, 5.41) is 14.1. The van der Waals surface area contributed by atoms with Gasteiger partial charge in [-0.25, -0.2) is 0 Å². The molecule has 2 rings (SSSR count). The quantitative estimate of drug-likeness (QED) is 0.373. The Morgan fingerprint density at radius 2 is 2.00 bits per heavy atom. The maximum atomic E-state index is 8.91. The number of nitrogens with two attached hydrogens (primary N) is 1. The van der Waals surface area contributed by atoms with Gasteiger partial charge in [-0.05, 0) is 30.9 Å². The zero-order chi connectivity index (χ0) is 15.2. The summed E-state index contributed by atoms with van der Waals surface area (Å²) in [5.41, 5.74) is 7.62. The van der Waals surface area contributed by atoms with E-state index in [9.17, 15) is 0 Å². The van der Waals surface area contributed by atoms with Crippen LogP contribution in [0.15, 0.2) is 46.9 Å². The van der Waals surface area contributed by atoms with E-state index in [1.54, 1.807) is 11.3 Å². The van der Waals surface area contributed by atoms with Crippen molar-refractivity contribution in [2.75, 3.05) is 0 Å². The van der Waals surface area contributed by atoms with Crippen LogP contribution in [0.4, 0.5) is 0 Å². The largest absolute Gasteiger partial charge is 0.409 e. The lowest BCUT2D eigenvalue weighted by atomic mass is 10.1. The van der Waals surface area contributed by atoms with Crippen LogP contribution in [-0.2, 0) is 13.1 Å². The van der Waals surface area contributed by atoms with Gasteiger partial charge in [-0.2, -0.15) is 0 Å². The van der Waals surface area contributed by atoms with Crippen molar-refractivity contribution in [3.8, 4) is 0 Å². The van der Waals surface area contributed by atoms with Crippen LogP contribution in [0.5, 0.6) is 0 Å². The minimum atomic E-state index is 0.158. The van der Waals surface area contributed by atoms with Crippen molar-refractivity contribution in [2.24, 2.45) is 10.9 Å². The van der Waals surface area contributed by atoms with Crippen LogP contribution >= 0.6 is 11.3 Å². The first-order chi connectivity index (χ1) is 10.1. The second-order valence-corrected chi connectivity index (χ2v) is 6.25. The van der Waals surface area contributed by atoms with Crippen molar-refractivity contribution in [2.45, 2.75) is 33.0 Å². The minimum Gasteiger partial charge on any atom is -0.409 e. The second-order valence-electron chi connectivity index (χ2n) is 5.22. The first kappa shape index (κ1) is 15.5. The van der Waals surface area contributed by atoms with E-state index in [-0.39, 0.29) is 5.84 Å². The highest BCUT2D eigenvalue weighted by Crippen LogP contribution is 2.18. The molecule has 0 bridgehead atoms. The fourth-order valence-corrected chi connectivity index (χ4v) is 2.93. The lowest BCUT2D eigenvalue weighted by Gasteiger charge is -2.27. The van der Waals surface area contributed by atoms with Crippen molar-refractivity contribution in [1.29, 1.82) is 0 Å². The highest BCUT2D eigenvalue weighted by Gasteiger charge is 2.14. The summed E-state index contributed by atoms with van der Waals surface area (Å²) in [6.07, 6.45) is 0. The van der Waals surface area contributed by atoms with Crippen molar-refractivity contribution in [3.63, 3.8) is 0 Å². The maximum absolute atomic E-state index is 8.91. The molecule has 0 aliphatic carbocycles. The van der Waals surface area contributed by atoms with E-state index < -0.39 is 0 Å². The zero-order valence-electron chi connectivity index (χ0n) is 12.4. The van der Waals surface area contributed by atoms with Crippen molar-refractivity contribution < 1.29 is 5.21 Å². The van der Waals surface area contributed by atoms with Gasteiger partial charge >= 0.3 is 0 Å². The molecule has 5 heteroatoms. The zero-order valence-corrected chi connectivity index (χ0v) is 13.2. The standard InChI is InChI=1S/C16H21N3OS/c1-12(2)19(11-14-7-5-9-21-14)10-13-6-3-4-8-15(13)16(17)18-20/h3-9,12,20H,10-11H2,1-2H3,(H2,17,18). The fraction of sp³-hybridized carbons (Fsp3) is 0.312. The molecule has 1 heterocycles. The van der Waals surface area contributed by atoms with E-state index in [0.29, 0.717) is 6.04 Å². The summed E-state index contributed by atoms with van der Waals surface area (Å²) < 4.78 is 0. The molecule has 1 aromatic carbocycles. The van der Waals surface area contributed by atoms with E-state index in [2.05, 4.69) is 41.4 Å². The topological polar surface area (TPSA) is 61.8 Å². The molecule has 0 aliphatic rings. The van der Waals surface area contributed by atoms with Gasteiger partial charge in [0, 0.05) is 29.6 Å².